The van der Waals surface area contributed by atoms with Gasteiger partial charge in [-0.15, -0.1) is 0 Å². The number of benzene rings is 2. The van der Waals surface area contributed by atoms with E-state index >= 15 is 0 Å². The molecule has 0 radical (unpaired) electrons. The van der Waals surface area contributed by atoms with Crippen LogP contribution in [0.3, 0.4) is 0 Å². The second kappa shape index (κ2) is 4.16. The van der Waals surface area contributed by atoms with Gasteiger partial charge in [-0.25, -0.2) is 4.98 Å². The standard InChI is InChI=1S/C18H14N2O/c1-10-6-5-8-13-16(10)20-18-15(17(13)21)11(2)12-7-3-4-9-14(12)19-18/h3-9H,1-2H3,(H,19,20,21). The van der Waals surface area contributed by atoms with Crippen molar-refractivity contribution in [1.29, 1.82) is 0 Å². The van der Waals surface area contributed by atoms with Crippen molar-refractivity contribution < 1.29 is 0 Å². The van der Waals surface area contributed by atoms with Crippen LogP contribution in [0.5, 0.6) is 0 Å². The largest absolute Gasteiger partial charge is 0.339 e. The molecule has 4 aromatic rings. The predicted molar refractivity (Wildman–Crippen MR) is 86.8 cm³/mol. The quantitative estimate of drug-likeness (QED) is 0.495. The fourth-order valence-corrected chi connectivity index (χ4v) is 3.02. The van der Waals surface area contributed by atoms with Gasteiger partial charge in [0.15, 0.2) is 5.43 Å². The van der Waals surface area contributed by atoms with Gasteiger partial charge in [0.1, 0.15) is 5.65 Å². The molecule has 3 nitrogen and oxygen atoms in total. The van der Waals surface area contributed by atoms with Crippen LogP contribution >= 0.6 is 0 Å². The van der Waals surface area contributed by atoms with Gasteiger partial charge in [-0.05, 0) is 37.1 Å². The molecule has 1 N–H and O–H groups in total. The number of nitrogens with one attached hydrogen (secondary N) is 1. The third-order valence-electron chi connectivity index (χ3n) is 4.14. The zero-order valence-corrected chi connectivity index (χ0v) is 11.9. The molecule has 2 aromatic carbocycles. The summed E-state index contributed by atoms with van der Waals surface area (Å²) in [5.74, 6) is 0. The number of aromatic nitrogens is 2. The van der Waals surface area contributed by atoms with Gasteiger partial charge in [0.2, 0.25) is 0 Å². The molecule has 0 amide bonds. The molecule has 0 unspecified atom stereocenters. The van der Waals surface area contributed by atoms with E-state index in [1.807, 2.05) is 56.3 Å². The fourth-order valence-electron chi connectivity index (χ4n) is 3.02. The molecule has 0 saturated carbocycles. The van der Waals surface area contributed by atoms with Gasteiger partial charge >= 0.3 is 0 Å². The normalized spacial score (nSPS) is 11.5. The monoisotopic (exact) mass is 274 g/mol. The zero-order valence-electron chi connectivity index (χ0n) is 11.9. The number of nitrogens with zero attached hydrogens (tertiary/aromatic N) is 1. The number of H-pyrrole nitrogens is 1. The molecule has 0 bridgehead atoms. The Morgan fingerprint density at radius 2 is 1.71 bits per heavy atom. The lowest BCUT2D eigenvalue weighted by Gasteiger charge is -2.09. The summed E-state index contributed by atoms with van der Waals surface area (Å²) >= 11 is 0. The molecule has 0 aliphatic rings. The average Bonchev–Trinajstić information content (AvgIpc) is 2.49. The van der Waals surface area contributed by atoms with Gasteiger partial charge < -0.3 is 4.98 Å². The topological polar surface area (TPSA) is 45.8 Å². The molecule has 21 heavy (non-hydrogen) atoms. The minimum atomic E-state index is 0.0539. The van der Waals surface area contributed by atoms with Crippen LogP contribution < -0.4 is 5.43 Å². The second-order valence-electron chi connectivity index (χ2n) is 5.43. The summed E-state index contributed by atoms with van der Waals surface area (Å²) in [5.41, 5.74) is 4.54. The molecule has 0 saturated heterocycles. The SMILES string of the molecule is Cc1cccc2c(=O)c3c(C)c4ccccc4nc3[nH]c12. The van der Waals surface area contributed by atoms with Crippen molar-refractivity contribution in [3.05, 3.63) is 63.8 Å². The molecular formula is C18H14N2O. The molecule has 102 valence electrons. The first kappa shape index (κ1) is 12.1. The average molecular weight is 274 g/mol. The minimum absolute atomic E-state index is 0.0539. The lowest BCUT2D eigenvalue weighted by atomic mass is 10.0. The van der Waals surface area contributed by atoms with Crippen LogP contribution in [-0.4, -0.2) is 9.97 Å². The molecule has 0 spiro atoms. The van der Waals surface area contributed by atoms with E-state index in [4.69, 9.17) is 0 Å². The Morgan fingerprint density at radius 3 is 2.57 bits per heavy atom. The summed E-state index contributed by atoms with van der Waals surface area (Å²) in [6.45, 7) is 3.99. The van der Waals surface area contributed by atoms with Crippen molar-refractivity contribution in [3.8, 4) is 0 Å². The van der Waals surface area contributed by atoms with Crippen molar-refractivity contribution in [2.45, 2.75) is 13.8 Å². The lowest BCUT2D eigenvalue weighted by Crippen LogP contribution is -2.08. The van der Waals surface area contributed by atoms with E-state index in [1.54, 1.807) is 0 Å². The Morgan fingerprint density at radius 1 is 0.952 bits per heavy atom. The van der Waals surface area contributed by atoms with Crippen molar-refractivity contribution >= 4 is 32.8 Å². The smallest absolute Gasteiger partial charge is 0.199 e. The number of hydrogen-bond donors (Lipinski definition) is 1. The van der Waals surface area contributed by atoms with Crippen LogP contribution in [0.4, 0.5) is 0 Å². The highest BCUT2D eigenvalue weighted by Crippen LogP contribution is 2.24. The summed E-state index contributed by atoms with van der Waals surface area (Å²) in [5, 5.41) is 2.44. The van der Waals surface area contributed by atoms with E-state index in [0.717, 1.165) is 32.9 Å². The van der Waals surface area contributed by atoms with Crippen molar-refractivity contribution in [1.82, 2.24) is 9.97 Å². The fraction of sp³-hybridized carbons (Fsp3) is 0.111. The zero-order chi connectivity index (χ0) is 14.6. The first-order valence-corrected chi connectivity index (χ1v) is 6.97. The summed E-state index contributed by atoms with van der Waals surface area (Å²) in [6.07, 6.45) is 0. The number of para-hydroxylation sites is 2. The summed E-state index contributed by atoms with van der Waals surface area (Å²) in [7, 11) is 0. The summed E-state index contributed by atoms with van der Waals surface area (Å²) < 4.78 is 0. The summed E-state index contributed by atoms with van der Waals surface area (Å²) in [4.78, 5) is 20.8. The van der Waals surface area contributed by atoms with Crippen LogP contribution in [0.25, 0.3) is 32.8 Å². The Hall–Kier alpha value is -2.68. The summed E-state index contributed by atoms with van der Waals surface area (Å²) in [6, 6.07) is 13.7. The number of hydrogen-bond acceptors (Lipinski definition) is 2. The molecule has 2 heterocycles. The number of pyridine rings is 2. The number of aryl methyl sites for hydroxylation is 2. The van der Waals surface area contributed by atoms with Gasteiger partial charge in [0.05, 0.1) is 16.4 Å². The van der Waals surface area contributed by atoms with Crippen LogP contribution in [0, 0.1) is 13.8 Å². The number of aromatic amines is 1. The second-order valence-corrected chi connectivity index (χ2v) is 5.43. The van der Waals surface area contributed by atoms with E-state index in [0.29, 0.717) is 11.0 Å². The third kappa shape index (κ3) is 1.61. The first-order chi connectivity index (χ1) is 10.2. The van der Waals surface area contributed by atoms with E-state index < -0.39 is 0 Å². The van der Waals surface area contributed by atoms with E-state index in [2.05, 4.69) is 9.97 Å². The van der Waals surface area contributed by atoms with Gasteiger partial charge in [-0.2, -0.15) is 0 Å². The maximum atomic E-state index is 12.8. The van der Waals surface area contributed by atoms with Crippen LogP contribution in [0.1, 0.15) is 11.1 Å². The Balaban J connectivity index is 2.35. The van der Waals surface area contributed by atoms with Crippen molar-refractivity contribution in [2.75, 3.05) is 0 Å². The molecule has 3 heteroatoms. The molecular weight excluding hydrogens is 260 g/mol. The maximum absolute atomic E-state index is 12.8. The van der Waals surface area contributed by atoms with Crippen molar-refractivity contribution in [3.63, 3.8) is 0 Å². The highest BCUT2D eigenvalue weighted by Gasteiger charge is 2.12. The number of fused-ring (bicyclic) bond motifs is 3. The Bertz CT molecular complexity index is 1080. The van der Waals surface area contributed by atoms with Crippen LogP contribution in [0.15, 0.2) is 47.3 Å². The molecule has 4 rings (SSSR count). The molecule has 0 aliphatic carbocycles. The van der Waals surface area contributed by atoms with E-state index in [1.165, 1.54) is 0 Å². The highest BCUT2D eigenvalue weighted by molar-refractivity contribution is 6.00. The Kier molecular flexibility index (Phi) is 2.39. The molecule has 0 aliphatic heterocycles. The van der Waals surface area contributed by atoms with Crippen molar-refractivity contribution in [2.24, 2.45) is 0 Å². The maximum Gasteiger partial charge on any atom is 0.199 e. The first-order valence-electron chi connectivity index (χ1n) is 6.97. The van der Waals surface area contributed by atoms with Crippen LogP contribution in [-0.2, 0) is 0 Å². The third-order valence-corrected chi connectivity index (χ3v) is 4.14. The van der Waals surface area contributed by atoms with Gasteiger partial charge in [0, 0.05) is 10.8 Å². The lowest BCUT2D eigenvalue weighted by molar-refractivity contribution is 1.33. The van der Waals surface area contributed by atoms with Gasteiger partial charge in [-0.3, -0.25) is 4.79 Å². The minimum Gasteiger partial charge on any atom is -0.339 e. The van der Waals surface area contributed by atoms with Gasteiger partial charge in [0.25, 0.3) is 0 Å². The highest BCUT2D eigenvalue weighted by atomic mass is 16.1. The van der Waals surface area contributed by atoms with E-state index in [-0.39, 0.29) is 5.43 Å². The molecule has 0 fully saturated rings. The van der Waals surface area contributed by atoms with E-state index in [9.17, 15) is 4.79 Å². The van der Waals surface area contributed by atoms with Gasteiger partial charge in [-0.1, -0.05) is 30.3 Å². The molecule has 0 atom stereocenters. The Labute approximate surface area is 121 Å². The van der Waals surface area contributed by atoms with Crippen LogP contribution in [0.2, 0.25) is 0 Å². The predicted octanol–water partition coefficient (Wildman–Crippen LogP) is 3.85. The number of rotatable bonds is 0. The molecule has 2 aromatic heterocycles.